The van der Waals surface area contributed by atoms with Crippen molar-refractivity contribution >= 4 is 0 Å². The second kappa shape index (κ2) is 8.75. The summed E-state index contributed by atoms with van der Waals surface area (Å²) in [6.07, 6.45) is 14.0. The molecule has 0 amide bonds. The third-order valence-corrected chi connectivity index (χ3v) is 7.73. The lowest BCUT2D eigenvalue weighted by Crippen LogP contribution is -2.47. The van der Waals surface area contributed by atoms with Crippen LogP contribution >= 0.6 is 0 Å². The van der Waals surface area contributed by atoms with Crippen LogP contribution in [0.25, 0.3) is 0 Å². The third-order valence-electron chi connectivity index (χ3n) is 7.73. The minimum Gasteiger partial charge on any atom is -0.345 e. The Labute approximate surface area is 173 Å². The Morgan fingerprint density at radius 1 is 1.00 bits per heavy atom. The van der Waals surface area contributed by atoms with E-state index in [0.717, 1.165) is 6.04 Å². The fourth-order valence-corrected chi connectivity index (χ4v) is 6.06. The topological polar surface area (TPSA) is 9.72 Å². The summed E-state index contributed by atoms with van der Waals surface area (Å²) < 4.78 is 0. The lowest BCUT2D eigenvalue weighted by atomic mass is 9.91. The molecule has 0 saturated carbocycles. The van der Waals surface area contributed by atoms with Gasteiger partial charge in [-0.2, -0.15) is 0 Å². The summed E-state index contributed by atoms with van der Waals surface area (Å²) in [5.74, 6) is 1.17. The van der Waals surface area contributed by atoms with Gasteiger partial charge in [0.05, 0.1) is 0 Å². The molecular formula is C25H41N3. The van der Waals surface area contributed by atoms with Crippen LogP contribution in [0.1, 0.15) is 65.7 Å². The molecule has 0 aromatic carbocycles. The predicted molar refractivity (Wildman–Crippen MR) is 119 cm³/mol. The highest BCUT2D eigenvalue weighted by Crippen LogP contribution is 2.44. The van der Waals surface area contributed by atoms with Crippen molar-refractivity contribution in [3.8, 4) is 0 Å². The van der Waals surface area contributed by atoms with Crippen molar-refractivity contribution in [1.29, 1.82) is 0 Å². The molecule has 2 fully saturated rings. The van der Waals surface area contributed by atoms with Gasteiger partial charge in [0.1, 0.15) is 0 Å². The average molecular weight is 384 g/mol. The summed E-state index contributed by atoms with van der Waals surface area (Å²) in [5.41, 5.74) is 4.49. The molecule has 3 nitrogen and oxygen atoms in total. The molecule has 3 heterocycles. The highest BCUT2D eigenvalue weighted by Gasteiger charge is 2.38. The van der Waals surface area contributed by atoms with Gasteiger partial charge in [-0.15, -0.1) is 0 Å². The van der Waals surface area contributed by atoms with E-state index in [1.54, 1.807) is 11.3 Å². The van der Waals surface area contributed by atoms with E-state index < -0.39 is 0 Å². The van der Waals surface area contributed by atoms with Crippen molar-refractivity contribution < 1.29 is 0 Å². The van der Waals surface area contributed by atoms with Gasteiger partial charge in [0.25, 0.3) is 0 Å². The van der Waals surface area contributed by atoms with Gasteiger partial charge < -0.3 is 14.7 Å². The average Bonchev–Trinajstić information content (AvgIpc) is 2.85. The molecule has 0 aromatic rings. The Morgan fingerprint density at radius 3 is 2.50 bits per heavy atom. The van der Waals surface area contributed by atoms with Crippen molar-refractivity contribution in [2.75, 3.05) is 32.7 Å². The number of likely N-dealkylation sites (tertiary alicyclic amines) is 2. The molecule has 4 rings (SSSR count). The van der Waals surface area contributed by atoms with Crippen LogP contribution in [-0.2, 0) is 0 Å². The van der Waals surface area contributed by atoms with Crippen LogP contribution in [0.2, 0.25) is 0 Å². The fourth-order valence-electron chi connectivity index (χ4n) is 6.06. The first-order chi connectivity index (χ1) is 13.6. The Kier molecular flexibility index (Phi) is 6.32. The first-order valence-corrected chi connectivity index (χ1v) is 11.9. The van der Waals surface area contributed by atoms with Crippen LogP contribution in [0.3, 0.4) is 0 Å². The van der Waals surface area contributed by atoms with E-state index >= 15 is 0 Å². The summed E-state index contributed by atoms with van der Waals surface area (Å²) in [4.78, 5) is 8.19. The normalized spacial score (nSPS) is 33.5. The standard InChI is InChI=1S/C25H41N3/c1-5-13-26-14-6-7-22(10-15-26)27-16-11-23(12-17-27)28-21(4)20(3)24-9-8-19(2)18-25(24)28/h8-9,19-20,22-23H,4-7,10-18H2,1-3H3. The van der Waals surface area contributed by atoms with Crippen LogP contribution in [0.4, 0.5) is 0 Å². The Morgan fingerprint density at radius 2 is 1.75 bits per heavy atom. The van der Waals surface area contributed by atoms with Gasteiger partial charge in [0, 0.05) is 42.5 Å². The van der Waals surface area contributed by atoms with Gasteiger partial charge >= 0.3 is 0 Å². The molecule has 2 saturated heterocycles. The van der Waals surface area contributed by atoms with E-state index in [-0.39, 0.29) is 0 Å². The fraction of sp³-hybridized carbons (Fsp3) is 0.760. The molecular weight excluding hydrogens is 342 g/mol. The molecule has 0 N–H and O–H groups in total. The summed E-state index contributed by atoms with van der Waals surface area (Å²) in [5, 5.41) is 0. The largest absolute Gasteiger partial charge is 0.345 e. The van der Waals surface area contributed by atoms with Gasteiger partial charge in [-0.3, -0.25) is 0 Å². The molecule has 0 radical (unpaired) electrons. The second-order valence-corrected chi connectivity index (χ2v) is 9.72. The monoisotopic (exact) mass is 383 g/mol. The SMILES string of the molecule is C=C1C(C)C2=C(CC(C)C=C2)N1C1CCN(C2CCCN(CCC)CC2)CC1. The molecule has 0 spiro atoms. The Hall–Kier alpha value is -1.06. The van der Waals surface area contributed by atoms with Crippen molar-refractivity contribution in [3.63, 3.8) is 0 Å². The summed E-state index contributed by atoms with van der Waals surface area (Å²) in [6.45, 7) is 18.0. The molecule has 3 atom stereocenters. The number of piperidine rings is 1. The summed E-state index contributed by atoms with van der Waals surface area (Å²) >= 11 is 0. The molecule has 0 aromatic heterocycles. The van der Waals surface area contributed by atoms with Gasteiger partial charge in [0.2, 0.25) is 0 Å². The molecule has 28 heavy (non-hydrogen) atoms. The molecule has 0 bridgehead atoms. The first kappa shape index (κ1) is 20.2. The molecule has 3 unspecified atom stereocenters. The van der Waals surface area contributed by atoms with Crippen LogP contribution in [0, 0.1) is 11.8 Å². The predicted octanol–water partition coefficient (Wildman–Crippen LogP) is 5.03. The quantitative estimate of drug-likeness (QED) is 0.674. The number of hydrogen-bond acceptors (Lipinski definition) is 3. The minimum atomic E-state index is 0.503. The molecule has 1 aliphatic carbocycles. The van der Waals surface area contributed by atoms with Gasteiger partial charge in [0.15, 0.2) is 0 Å². The van der Waals surface area contributed by atoms with Crippen molar-refractivity contribution in [1.82, 2.24) is 14.7 Å². The highest BCUT2D eigenvalue weighted by molar-refractivity contribution is 5.43. The smallest absolute Gasteiger partial charge is 0.0360 e. The van der Waals surface area contributed by atoms with Gasteiger partial charge in [-0.1, -0.05) is 39.5 Å². The third kappa shape index (κ3) is 3.98. The van der Waals surface area contributed by atoms with Crippen molar-refractivity contribution in [2.45, 2.75) is 77.8 Å². The maximum Gasteiger partial charge on any atom is 0.0360 e. The van der Waals surface area contributed by atoms with Gasteiger partial charge in [-0.25, -0.2) is 0 Å². The molecule has 156 valence electrons. The number of hydrogen-bond donors (Lipinski definition) is 0. The maximum atomic E-state index is 4.52. The van der Waals surface area contributed by atoms with E-state index in [1.165, 1.54) is 83.4 Å². The first-order valence-electron chi connectivity index (χ1n) is 11.9. The summed E-state index contributed by atoms with van der Waals surface area (Å²) in [7, 11) is 0. The van der Waals surface area contributed by atoms with E-state index in [2.05, 4.69) is 54.2 Å². The van der Waals surface area contributed by atoms with Crippen molar-refractivity contribution in [3.05, 3.63) is 35.7 Å². The van der Waals surface area contributed by atoms with Crippen molar-refractivity contribution in [2.24, 2.45) is 11.8 Å². The van der Waals surface area contributed by atoms with Crippen LogP contribution in [0.15, 0.2) is 35.7 Å². The van der Waals surface area contributed by atoms with E-state index in [4.69, 9.17) is 0 Å². The van der Waals surface area contributed by atoms with E-state index in [1.807, 2.05) is 0 Å². The number of rotatable bonds is 4. The van der Waals surface area contributed by atoms with Crippen LogP contribution < -0.4 is 0 Å². The van der Waals surface area contributed by atoms with Gasteiger partial charge in [-0.05, 0) is 76.1 Å². The highest BCUT2D eigenvalue weighted by atomic mass is 15.2. The lowest BCUT2D eigenvalue weighted by molar-refractivity contribution is 0.104. The second-order valence-electron chi connectivity index (χ2n) is 9.72. The molecule has 3 aliphatic heterocycles. The lowest BCUT2D eigenvalue weighted by Gasteiger charge is -2.42. The zero-order chi connectivity index (χ0) is 19.7. The van der Waals surface area contributed by atoms with Crippen LogP contribution in [0.5, 0.6) is 0 Å². The maximum absolute atomic E-state index is 4.52. The Balaban J connectivity index is 1.36. The van der Waals surface area contributed by atoms with E-state index in [9.17, 15) is 0 Å². The molecule has 4 aliphatic rings. The Bertz CT molecular complexity index is 626. The summed E-state index contributed by atoms with van der Waals surface area (Å²) in [6, 6.07) is 1.48. The minimum absolute atomic E-state index is 0.503. The van der Waals surface area contributed by atoms with Crippen LogP contribution in [-0.4, -0.2) is 59.5 Å². The number of nitrogens with zero attached hydrogens (tertiary/aromatic N) is 3. The molecule has 3 heteroatoms. The number of allylic oxidation sites excluding steroid dienone is 4. The zero-order valence-corrected chi connectivity index (χ0v) is 18.5. The zero-order valence-electron chi connectivity index (χ0n) is 18.5. The van der Waals surface area contributed by atoms with E-state index in [0.29, 0.717) is 17.9 Å².